The van der Waals surface area contributed by atoms with Crippen LogP contribution in [0, 0.1) is 6.92 Å². The monoisotopic (exact) mass is 452 g/mol. The van der Waals surface area contributed by atoms with Gasteiger partial charge in [0.15, 0.2) is 5.65 Å². The number of hydrogen-bond acceptors (Lipinski definition) is 8. The van der Waals surface area contributed by atoms with Crippen LogP contribution >= 0.6 is 0 Å². The Morgan fingerprint density at radius 2 is 1.94 bits per heavy atom. The molecule has 6 heterocycles. The molecule has 1 unspecified atom stereocenters. The van der Waals surface area contributed by atoms with Crippen molar-refractivity contribution in [3.8, 4) is 11.3 Å². The van der Waals surface area contributed by atoms with E-state index in [1.54, 1.807) is 17.1 Å². The first-order valence-corrected chi connectivity index (χ1v) is 11.2. The second-order valence-corrected chi connectivity index (χ2v) is 8.61. The SMILES string of the molecule is Cc1ncccc1CC1CN(C)c2cc(-c3ccnc(Nc4ccnn4C)n3)cc3nnc1n23. The van der Waals surface area contributed by atoms with E-state index in [9.17, 15) is 0 Å². The van der Waals surface area contributed by atoms with E-state index in [0.29, 0.717) is 5.95 Å². The smallest absolute Gasteiger partial charge is 0.228 e. The molecule has 0 bridgehead atoms. The molecule has 1 N–H and O–H groups in total. The molecule has 10 nitrogen and oxygen atoms in total. The highest BCUT2D eigenvalue weighted by Crippen LogP contribution is 2.34. The van der Waals surface area contributed by atoms with Crippen molar-refractivity contribution in [3.63, 3.8) is 0 Å². The summed E-state index contributed by atoms with van der Waals surface area (Å²) in [5.41, 5.74) is 4.88. The van der Waals surface area contributed by atoms with Crippen molar-refractivity contribution in [1.82, 2.24) is 39.3 Å². The summed E-state index contributed by atoms with van der Waals surface area (Å²) in [5.74, 6) is 3.59. The van der Waals surface area contributed by atoms with Gasteiger partial charge in [0.05, 0.1) is 11.9 Å². The number of aromatic nitrogens is 8. The number of rotatable bonds is 5. The summed E-state index contributed by atoms with van der Waals surface area (Å²) in [6, 6.07) is 12.1. The van der Waals surface area contributed by atoms with Gasteiger partial charge < -0.3 is 10.2 Å². The van der Waals surface area contributed by atoms with E-state index in [-0.39, 0.29) is 5.92 Å². The van der Waals surface area contributed by atoms with Gasteiger partial charge in [-0.25, -0.2) is 9.97 Å². The van der Waals surface area contributed by atoms with E-state index >= 15 is 0 Å². The summed E-state index contributed by atoms with van der Waals surface area (Å²) in [4.78, 5) is 15.8. The van der Waals surface area contributed by atoms with Gasteiger partial charge in [-0.1, -0.05) is 6.07 Å². The van der Waals surface area contributed by atoms with E-state index in [1.165, 1.54) is 5.56 Å². The van der Waals surface area contributed by atoms with Crippen molar-refractivity contribution >= 4 is 23.2 Å². The summed E-state index contributed by atoms with van der Waals surface area (Å²) in [5, 5.41) is 16.5. The molecule has 0 radical (unpaired) electrons. The average molecular weight is 453 g/mol. The van der Waals surface area contributed by atoms with Gasteiger partial charge in [-0.2, -0.15) is 5.10 Å². The van der Waals surface area contributed by atoms with Crippen molar-refractivity contribution < 1.29 is 0 Å². The van der Waals surface area contributed by atoms with Crippen molar-refractivity contribution in [2.45, 2.75) is 19.3 Å². The summed E-state index contributed by atoms with van der Waals surface area (Å²) >= 11 is 0. The Balaban J connectivity index is 1.36. The number of anilines is 3. The van der Waals surface area contributed by atoms with Crippen LogP contribution in [0.4, 0.5) is 17.6 Å². The maximum Gasteiger partial charge on any atom is 0.228 e. The fourth-order valence-electron chi connectivity index (χ4n) is 4.57. The third-order valence-electron chi connectivity index (χ3n) is 6.36. The molecule has 1 aliphatic rings. The predicted octanol–water partition coefficient (Wildman–Crippen LogP) is 3.14. The number of nitrogens with one attached hydrogen (secondary N) is 1. The van der Waals surface area contributed by atoms with Crippen molar-refractivity contribution in [3.05, 3.63) is 72.1 Å². The highest BCUT2D eigenvalue weighted by Gasteiger charge is 2.29. The fraction of sp³-hybridized carbons (Fsp3) is 0.250. The average Bonchev–Trinajstić information content (AvgIpc) is 3.45. The van der Waals surface area contributed by atoms with Crippen LogP contribution < -0.4 is 10.2 Å². The van der Waals surface area contributed by atoms with Gasteiger partial charge in [-0.05, 0) is 43.2 Å². The molecule has 6 rings (SSSR count). The number of pyridine rings is 2. The molecule has 34 heavy (non-hydrogen) atoms. The molecule has 1 aliphatic heterocycles. The third kappa shape index (κ3) is 3.43. The summed E-state index contributed by atoms with van der Waals surface area (Å²) in [6.45, 7) is 2.91. The van der Waals surface area contributed by atoms with E-state index in [1.807, 2.05) is 37.5 Å². The Kier molecular flexibility index (Phi) is 4.72. The maximum absolute atomic E-state index is 4.73. The van der Waals surface area contributed by atoms with E-state index in [4.69, 9.17) is 4.98 Å². The molecule has 0 aromatic carbocycles. The van der Waals surface area contributed by atoms with Crippen LogP contribution in [-0.4, -0.2) is 52.9 Å². The summed E-state index contributed by atoms with van der Waals surface area (Å²) in [7, 11) is 3.98. The molecular formula is C24H24N10. The molecule has 0 saturated heterocycles. The van der Waals surface area contributed by atoms with Gasteiger partial charge in [0.2, 0.25) is 5.95 Å². The van der Waals surface area contributed by atoms with E-state index in [0.717, 1.165) is 53.0 Å². The zero-order chi connectivity index (χ0) is 23.2. The zero-order valence-electron chi connectivity index (χ0n) is 19.2. The minimum Gasteiger partial charge on any atom is -0.360 e. The van der Waals surface area contributed by atoms with Gasteiger partial charge >= 0.3 is 0 Å². The normalized spacial score (nSPS) is 15.1. The quantitative estimate of drug-likeness (QED) is 0.434. The van der Waals surface area contributed by atoms with E-state index in [2.05, 4.69) is 66.0 Å². The Bertz CT molecular complexity index is 1500. The predicted molar refractivity (Wildman–Crippen MR) is 129 cm³/mol. The van der Waals surface area contributed by atoms with Crippen LogP contribution in [0.2, 0.25) is 0 Å². The Hall–Kier alpha value is -4.34. The number of likely N-dealkylation sites (N-methyl/N-ethyl adjacent to an activating group) is 1. The number of nitrogens with zero attached hydrogens (tertiary/aromatic N) is 9. The van der Waals surface area contributed by atoms with Gasteiger partial charge in [-0.15, -0.1) is 10.2 Å². The second kappa shape index (κ2) is 7.91. The van der Waals surface area contributed by atoms with Crippen molar-refractivity contribution in [2.24, 2.45) is 7.05 Å². The first-order valence-electron chi connectivity index (χ1n) is 11.2. The molecular weight excluding hydrogens is 428 g/mol. The Morgan fingerprint density at radius 1 is 1.03 bits per heavy atom. The highest BCUT2D eigenvalue weighted by atomic mass is 15.3. The van der Waals surface area contributed by atoms with Crippen LogP contribution in [0.25, 0.3) is 16.9 Å². The largest absolute Gasteiger partial charge is 0.360 e. The molecule has 5 aromatic rings. The molecule has 0 aliphatic carbocycles. The lowest BCUT2D eigenvalue weighted by atomic mass is 9.95. The minimum absolute atomic E-state index is 0.231. The molecule has 1 atom stereocenters. The molecule has 170 valence electrons. The number of aryl methyl sites for hydroxylation is 2. The van der Waals surface area contributed by atoms with Crippen molar-refractivity contribution in [2.75, 3.05) is 23.8 Å². The minimum atomic E-state index is 0.231. The molecule has 0 spiro atoms. The molecule has 10 heteroatoms. The maximum atomic E-state index is 4.73. The van der Waals surface area contributed by atoms with Crippen LogP contribution in [0.3, 0.4) is 0 Å². The molecule has 5 aromatic heterocycles. The highest BCUT2D eigenvalue weighted by molar-refractivity contribution is 5.71. The first-order chi connectivity index (χ1) is 16.6. The van der Waals surface area contributed by atoms with Gasteiger partial charge in [0, 0.05) is 56.3 Å². The van der Waals surface area contributed by atoms with Crippen LogP contribution in [0.5, 0.6) is 0 Å². The van der Waals surface area contributed by atoms with Crippen LogP contribution in [-0.2, 0) is 13.5 Å². The fourth-order valence-corrected chi connectivity index (χ4v) is 4.57. The summed E-state index contributed by atoms with van der Waals surface area (Å²) < 4.78 is 3.89. The topological polar surface area (TPSA) is 102 Å². The van der Waals surface area contributed by atoms with E-state index < -0.39 is 0 Å². The van der Waals surface area contributed by atoms with Gasteiger partial charge in [-0.3, -0.25) is 14.1 Å². The number of hydrogen-bond donors (Lipinski definition) is 1. The standard InChI is InChI=1S/C24H24N10/c1-15-16(5-4-8-25-15)11-18-14-32(2)22-13-17(12-21-30-31-23(18)34(21)22)19-6-9-26-24(28-19)29-20-7-10-27-33(20)3/h4-10,12-13,18H,11,14H2,1-3H3,(H,26,28,29). The molecule has 0 amide bonds. The molecule has 0 fully saturated rings. The van der Waals surface area contributed by atoms with Gasteiger partial charge in [0.25, 0.3) is 0 Å². The lowest BCUT2D eigenvalue weighted by Gasteiger charge is -2.31. The Morgan fingerprint density at radius 3 is 2.76 bits per heavy atom. The first kappa shape index (κ1) is 20.3. The van der Waals surface area contributed by atoms with Gasteiger partial charge in [0.1, 0.15) is 17.5 Å². The second-order valence-electron chi connectivity index (χ2n) is 8.61. The Labute approximate surface area is 196 Å². The zero-order valence-corrected chi connectivity index (χ0v) is 19.2. The van der Waals surface area contributed by atoms with Crippen LogP contribution in [0.1, 0.15) is 23.0 Å². The molecule has 0 saturated carbocycles. The lowest BCUT2D eigenvalue weighted by Crippen LogP contribution is -2.33. The van der Waals surface area contributed by atoms with Crippen molar-refractivity contribution in [1.29, 1.82) is 0 Å². The lowest BCUT2D eigenvalue weighted by molar-refractivity contribution is 0.587. The summed E-state index contributed by atoms with van der Waals surface area (Å²) in [6.07, 6.45) is 6.19. The third-order valence-corrected chi connectivity index (χ3v) is 6.36. The van der Waals surface area contributed by atoms with Crippen LogP contribution in [0.15, 0.2) is 55.0 Å².